The number of aliphatic hydroxyl groups is 5. The summed E-state index contributed by atoms with van der Waals surface area (Å²) in [5.74, 6) is -0.833. The second kappa shape index (κ2) is 9.19. The molecule has 16 heavy (non-hydrogen) atoms. The predicted octanol–water partition coefficient (Wildman–Crippen LogP) is -3.29. The van der Waals surface area contributed by atoms with E-state index in [4.69, 9.17) is 35.4 Å². The maximum absolute atomic E-state index is 9.90. The largest absolute Gasteiger partial charge is 0.481 e. The molecular formula is C8H16O8. The van der Waals surface area contributed by atoms with Gasteiger partial charge in [0.25, 0.3) is 5.97 Å². The average molecular weight is 240 g/mol. The van der Waals surface area contributed by atoms with Gasteiger partial charge in [0.1, 0.15) is 24.4 Å². The van der Waals surface area contributed by atoms with Crippen molar-refractivity contribution < 1.29 is 40.2 Å². The van der Waals surface area contributed by atoms with E-state index in [9.17, 15) is 4.79 Å². The summed E-state index contributed by atoms with van der Waals surface area (Å²) in [7, 11) is 0. The molecule has 0 unspecified atom stereocenters. The van der Waals surface area contributed by atoms with Crippen LogP contribution in [0.3, 0.4) is 0 Å². The monoisotopic (exact) mass is 240 g/mol. The predicted molar refractivity (Wildman–Crippen MR) is 50.5 cm³/mol. The molecule has 0 aromatic rings. The van der Waals surface area contributed by atoms with Crippen molar-refractivity contribution in [1.82, 2.24) is 0 Å². The molecular weight excluding hydrogens is 224 g/mol. The van der Waals surface area contributed by atoms with E-state index in [-0.39, 0.29) is 6.29 Å². The Morgan fingerprint density at radius 2 is 1.56 bits per heavy atom. The van der Waals surface area contributed by atoms with E-state index in [0.29, 0.717) is 0 Å². The van der Waals surface area contributed by atoms with Crippen molar-refractivity contribution >= 4 is 12.3 Å². The molecule has 4 atom stereocenters. The van der Waals surface area contributed by atoms with E-state index < -0.39 is 37.0 Å². The van der Waals surface area contributed by atoms with Crippen LogP contribution in [0.1, 0.15) is 6.92 Å². The highest BCUT2D eigenvalue weighted by Crippen LogP contribution is 2.02. The molecule has 0 radical (unpaired) electrons. The van der Waals surface area contributed by atoms with E-state index in [2.05, 4.69) is 0 Å². The van der Waals surface area contributed by atoms with Gasteiger partial charge in [-0.2, -0.15) is 0 Å². The zero-order chi connectivity index (χ0) is 13.3. The van der Waals surface area contributed by atoms with Crippen LogP contribution in [0.5, 0.6) is 0 Å². The third-order valence-electron chi connectivity index (χ3n) is 1.42. The number of aliphatic carboxylic acids is 1. The van der Waals surface area contributed by atoms with Gasteiger partial charge in [-0.25, -0.2) is 0 Å². The van der Waals surface area contributed by atoms with Crippen LogP contribution in [-0.4, -0.2) is 73.9 Å². The highest BCUT2D eigenvalue weighted by atomic mass is 16.4. The number of carbonyl (C=O) groups excluding carboxylic acids is 1. The normalized spacial score (nSPS) is 17.4. The number of rotatable bonds is 5. The van der Waals surface area contributed by atoms with Gasteiger partial charge >= 0.3 is 0 Å². The Hall–Kier alpha value is -1.06. The SMILES string of the molecule is CC(=O)O.O=C[C@@H](O)[C@@H](O)[C@H](O)[C@H](O)CO. The molecule has 0 heterocycles. The average Bonchev–Trinajstić information content (AvgIpc) is 2.24. The van der Waals surface area contributed by atoms with Gasteiger partial charge in [-0.15, -0.1) is 0 Å². The summed E-state index contributed by atoms with van der Waals surface area (Å²) in [6, 6.07) is 0. The number of aldehydes is 1. The maximum atomic E-state index is 9.90. The molecule has 0 aromatic heterocycles. The minimum absolute atomic E-state index is 0.0258. The Kier molecular flexibility index (Phi) is 9.96. The van der Waals surface area contributed by atoms with Crippen LogP contribution >= 0.6 is 0 Å². The Bertz CT molecular complexity index is 202. The number of hydrogen-bond acceptors (Lipinski definition) is 7. The molecule has 0 aliphatic rings. The van der Waals surface area contributed by atoms with Crippen LogP contribution in [0.4, 0.5) is 0 Å². The first-order chi connectivity index (χ1) is 7.27. The van der Waals surface area contributed by atoms with Crippen LogP contribution in [0, 0.1) is 0 Å². The summed E-state index contributed by atoms with van der Waals surface area (Å²) < 4.78 is 0. The summed E-state index contributed by atoms with van der Waals surface area (Å²) in [6.07, 6.45) is -6.84. The van der Waals surface area contributed by atoms with Gasteiger partial charge in [-0.3, -0.25) is 4.79 Å². The molecule has 0 aliphatic carbocycles. The molecule has 0 aromatic carbocycles. The molecule has 0 bridgehead atoms. The van der Waals surface area contributed by atoms with Gasteiger partial charge in [0.05, 0.1) is 6.61 Å². The third-order valence-corrected chi connectivity index (χ3v) is 1.42. The fourth-order valence-corrected chi connectivity index (χ4v) is 0.618. The topological polar surface area (TPSA) is 156 Å². The Balaban J connectivity index is 0. The first-order valence-electron chi connectivity index (χ1n) is 4.25. The van der Waals surface area contributed by atoms with Gasteiger partial charge in [-0.1, -0.05) is 0 Å². The highest BCUT2D eigenvalue weighted by molar-refractivity contribution is 5.62. The molecule has 0 saturated heterocycles. The van der Waals surface area contributed by atoms with Crippen molar-refractivity contribution in [3.8, 4) is 0 Å². The van der Waals surface area contributed by atoms with Gasteiger partial charge < -0.3 is 35.4 Å². The van der Waals surface area contributed by atoms with Gasteiger partial charge in [0.2, 0.25) is 0 Å². The fourth-order valence-electron chi connectivity index (χ4n) is 0.618. The van der Waals surface area contributed by atoms with Crippen molar-refractivity contribution in [1.29, 1.82) is 0 Å². The fraction of sp³-hybridized carbons (Fsp3) is 0.750. The Labute approximate surface area is 91.4 Å². The lowest BCUT2D eigenvalue weighted by Gasteiger charge is -2.22. The van der Waals surface area contributed by atoms with Crippen LogP contribution in [-0.2, 0) is 9.59 Å². The maximum Gasteiger partial charge on any atom is 0.300 e. The van der Waals surface area contributed by atoms with E-state index in [0.717, 1.165) is 6.92 Å². The van der Waals surface area contributed by atoms with E-state index in [1.54, 1.807) is 0 Å². The smallest absolute Gasteiger partial charge is 0.300 e. The molecule has 0 fully saturated rings. The zero-order valence-electron chi connectivity index (χ0n) is 8.59. The van der Waals surface area contributed by atoms with Crippen LogP contribution in [0.2, 0.25) is 0 Å². The Morgan fingerprint density at radius 1 is 1.19 bits per heavy atom. The molecule has 8 nitrogen and oxygen atoms in total. The van der Waals surface area contributed by atoms with Gasteiger partial charge in [-0.05, 0) is 0 Å². The molecule has 6 N–H and O–H groups in total. The quantitative estimate of drug-likeness (QED) is 0.273. The lowest BCUT2D eigenvalue weighted by molar-refractivity contribution is -0.136. The van der Waals surface area contributed by atoms with Crippen LogP contribution in [0.15, 0.2) is 0 Å². The number of carboxylic acid groups (broad SMARTS) is 1. The van der Waals surface area contributed by atoms with E-state index in [1.165, 1.54) is 0 Å². The third kappa shape index (κ3) is 8.26. The van der Waals surface area contributed by atoms with Crippen LogP contribution in [0.25, 0.3) is 0 Å². The number of aliphatic hydroxyl groups excluding tert-OH is 5. The first kappa shape index (κ1) is 17.3. The summed E-state index contributed by atoms with van der Waals surface area (Å²) in [5.41, 5.74) is 0. The van der Waals surface area contributed by atoms with Crippen molar-refractivity contribution in [3.05, 3.63) is 0 Å². The summed E-state index contributed by atoms with van der Waals surface area (Å²) >= 11 is 0. The zero-order valence-corrected chi connectivity index (χ0v) is 8.59. The molecule has 8 heteroatoms. The van der Waals surface area contributed by atoms with E-state index >= 15 is 0 Å². The lowest BCUT2D eigenvalue weighted by atomic mass is 10.0. The minimum atomic E-state index is -1.79. The molecule has 0 aliphatic heterocycles. The summed E-state index contributed by atoms with van der Waals surface area (Å²) in [4.78, 5) is 18.9. The molecule has 0 spiro atoms. The van der Waals surface area contributed by atoms with E-state index in [1.807, 2.05) is 0 Å². The lowest BCUT2D eigenvalue weighted by Crippen LogP contribution is -2.46. The van der Waals surface area contributed by atoms with Crippen molar-refractivity contribution in [2.24, 2.45) is 0 Å². The standard InChI is InChI=1S/C6H12O6.C2H4O2/c7-1-3(9)5(11)6(12)4(10)2-8;1-2(3)4/h1,3-6,8-12H,2H2;1H3,(H,3,4)/t3-,4-,5-,6-;/m1./s1. The molecule has 96 valence electrons. The molecule has 0 saturated carbocycles. The number of carboxylic acids is 1. The molecule has 0 rings (SSSR count). The second-order valence-corrected chi connectivity index (χ2v) is 2.88. The van der Waals surface area contributed by atoms with Crippen molar-refractivity contribution in [2.45, 2.75) is 31.3 Å². The number of hydrogen-bond donors (Lipinski definition) is 6. The number of carbonyl (C=O) groups is 2. The van der Waals surface area contributed by atoms with Crippen LogP contribution < -0.4 is 0 Å². The second-order valence-electron chi connectivity index (χ2n) is 2.88. The summed E-state index contributed by atoms with van der Waals surface area (Å²) in [6.45, 7) is 0.323. The molecule has 0 amide bonds. The van der Waals surface area contributed by atoms with Crippen molar-refractivity contribution in [3.63, 3.8) is 0 Å². The van der Waals surface area contributed by atoms with Gasteiger partial charge in [0.15, 0.2) is 6.29 Å². The van der Waals surface area contributed by atoms with Gasteiger partial charge in [0, 0.05) is 6.92 Å². The first-order valence-corrected chi connectivity index (χ1v) is 4.25. The van der Waals surface area contributed by atoms with Crippen molar-refractivity contribution in [2.75, 3.05) is 6.61 Å². The minimum Gasteiger partial charge on any atom is -0.481 e. The Morgan fingerprint density at radius 3 is 1.81 bits per heavy atom. The highest BCUT2D eigenvalue weighted by Gasteiger charge is 2.29. The summed E-state index contributed by atoms with van der Waals surface area (Å²) in [5, 5.41) is 51.0.